The summed E-state index contributed by atoms with van der Waals surface area (Å²) in [6.07, 6.45) is 7.67. The third-order valence-corrected chi connectivity index (χ3v) is 6.46. The van der Waals surface area contributed by atoms with Crippen LogP contribution in [0.1, 0.15) is 29.7 Å². The van der Waals surface area contributed by atoms with Gasteiger partial charge in [0.2, 0.25) is 5.91 Å². The second-order valence-corrected chi connectivity index (χ2v) is 8.41. The Bertz CT molecular complexity index is 1270. The van der Waals surface area contributed by atoms with E-state index in [1.54, 1.807) is 18.4 Å². The Hall–Kier alpha value is -3.19. The lowest BCUT2D eigenvalue weighted by Gasteiger charge is -2.16. The van der Waals surface area contributed by atoms with Crippen molar-refractivity contribution in [3.63, 3.8) is 0 Å². The largest absolute Gasteiger partial charge is 0.467 e. The van der Waals surface area contributed by atoms with E-state index in [-0.39, 0.29) is 24.6 Å². The van der Waals surface area contributed by atoms with Crippen molar-refractivity contribution < 1.29 is 9.21 Å². The van der Waals surface area contributed by atoms with Gasteiger partial charge in [0.25, 0.3) is 5.56 Å². The zero-order valence-corrected chi connectivity index (χ0v) is 17.2. The summed E-state index contributed by atoms with van der Waals surface area (Å²) in [5.41, 5.74) is 4.53. The summed E-state index contributed by atoms with van der Waals surface area (Å²) >= 11 is 1.46. The van der Waals surface area contributed by atoms with Gasteiger partial charge >= 0.3 is 0 Å². The van der Waals surface area contributed by atoms with Gasteiger partial charge in [0.15, 0.2) is 0 Å². The molecule has 0 radical (unpaired) electrons. The molecule has 30 heavy (non-hydrogen) atoms. The molecule has 0 saturated heterocycles. The molecule has 6 nitrogen and oxygen atoms in total. The van der Waals surface area contributed by atoms with Gasteiger partial charge in [-0.3, -0.25) is 14.2 Å². The minimum atomic E-state index is -0.264. The highest BCUT2D eigenvalue weighted by molar-refractivity contribution is 7.17. The second kappa shape index (κ2) is 7.91. The van der Waals surface area contributed by atoms with E-state index in [1.807, 2.05) is 5.38 Å². The molecule has 7 heteroatoms. The summed E-state index contributed by atoms with van der Waals surface area (Å²) in [4.78, 5) is 30.6. The molecule has 1 aliphatic carbocycles. The number of fused-ring (bicyclic) bond motifs is 2. The SMILES string of the molecule is O=C(Cn1cnc2scc(-c3ccc4c(c3)CCCC4)c2c1=O)NCc1ccco1. The van der Waals surface area contributed by atoms with Crippen LogP contribution in [-0.2, 0) is 30.7 Å². The van der Waals surface area contributed by atoms with Crippen molar-refractivity contribution in [2.45, 2.75) is 38.8 Å². The lowest BCUT2D eigenvalue weighted by atomic mass is 9.89. The zero-order chi connectivity index (χ0) is 20.5. The summed E-state index contributed by atoms with van der Waals surface area (Å²) in [5.74, 6) is 0.400. The van der Waals surface area contributed by atoms with Crippen LogP contribution in [0.15, 0.2) is 57.5 Å². The van der Waals surface area contributed by atoms with E-state index in [0.717, 1.165) is 24.0 Å². The van der Waals surface area contributed by atoms with Gasteiger partial charge < -0.3 is 9.73 Å². The van der Waals surface area contributed by atoms with E-state index in [9.17, 15) is 9.59 Å². The number of benzene rings is 1. The standard InChI is InChI=1S/C23H21N3O3S/c27-20(24-11-18-6-3-9-29-18)12-26-14-25-22-21(23(26)28)19(13-30-22)17-8-7-15-4-1-2-5-16(15)10-17/h3,6-10,13-14H,1-2,4-5,11-12H2,(H,24,27). The molecule has 0 bridgehead atoms. The van der Waals surface area contributed by atoms with Gasteiger partial charge in [-0.05, 0) is 54.5 Å². The van der Waals surface area contributed by atoms with Crippen LogP contribution < -0.4 is 10.9 Å². The molecule has 0 unspecified atom stereocenters. The Morgan fingerprint density at radius 2 is 2.07 bits per heavy atom. The van der Waals surface area contributed by atoms with E-state index in [4.69, 9.17) is 4.42 Å². The molecule has 0 saturated carbocycles. The number of carbonyl (C=O) groups excluding carboxylic acids is 1. The number of amides is 1. The number of furan rings is 1. The predicted octanol–water partition coefficient (Wildman–Crippen LogP) is 3.91. The van der Waals surface area contributed by atoms with Crippen LogP contribution in [-0.4, -0.2) is 15.5 Å². The molecule has 1 aromatic carbocycles. The normalized spacial score (nSPS) is 13.3. The first kappa shape index (κ1) is 18.8. The Morgan fingerprint density at radius 3 is 2.90 bits per heavy atom. The highest BCUT2D eigenvalue weighted by Gasteiger charge is 2.17. The van der Waals surface area contributed by atoms with Crippen molar-refractivity contribution in [3.8, 4) is 11.1 Å². The van der Waals surface area contributed by atoms with Crippen LogP contribution in [0.4, 0.5) is 0 Å². The zero-order valence-electron chi connectivity index (χ0n) is 16.4. The van der Waals surface area contributed by atoms with Crippen LogP contribution in [0.2, 0.25) is 0 Å². The highest BCUT2D eigenvalue weighted by atomic mass is 32.1. The van der Waals surface area contributed by atoms with Crippen LogP contribution in [0, 0.1) is 0 Å². The average Bonchev–Trinajstić information content (AvgIpc) is 3.44. The molecule has 1 aliphatic rings. The van der Waals surface area contributed by atoms with Crippen LogP contribution >= 0.6 is 11.3 Å². The van der Waals surface area contributed by atoms with Gasteiger partial charge in [-0.15, -0.1) is 11.3 Å². The number of hydrogen-bond acceptors (Lipinski definition) is 5. The molecule has 5 rings (SSSR count). The van der Waals surface area contributed by atoms with Crippen molar-refractivity contribution in [1.82, 2.24) is 14.9 Å². The van der Waals surface area contributed by atoms with E-state index in [1.165, 1.54) is 46.2 Å². The number of hydrogen-bond donors (Lipinski definition) is 1. The molecule has 0 spiro atoms. The fourth-order valence-corrected chi connectivity index (χ4v) is 4.91. The van der Waals surface area contributed by atoms with Gasteiger partial charge in [0, 0.05) is 10.9 Å². The minimum absolute atomic E-state index is 0.0814. The van der Waals surface area contributed by atoms with E-state index in [0.29, 0.717) is 16.0 Å². The Kier molecular flexibility index (Phi) is 4.96. The number of carbonyl (C=O) groups is 1. The molecule has 0 atom stereocenters. The summed E-state index contributed by atoms with van der Waals surface area (Å²) in [5, 5.41) is 5.34. The number of thiophene rings is 1. The monoisotopic (exact) mass is 419 g/mol. The number of rotatable bonds is 5. The van der Waals surface area contributed by atoms with Crippen molar-refractivity contribution in [2.75, 3.05) is 0 Å². The van der Waals surface area contributed by atoms with Crippen LogP contribution in [0.3, 0.4) is 0 Å². The van der Waals surface area contributed by atoms with Gasteiger partial charge in [0.1, 0.15) is 17.1 Å². The maximum absolute atomic E-state index is 13.2. The number of nitrogens with zero attached hydrogens (tertiary/aromatic N) is 2. The summed E-state index contributed by atoms with van der Waals surface area (Å²) in [6.45, 7) is 0.205. The molecular weight excluding hydrogens is 398 g/mol. The van der Waals surface area contributed by atoms with Crippen molar-refractivity contribution in [2.24, 2.45) is 0 Å². The average molecular weight is 420 g/mol. The van der Waals surface area contributed by atoms with Gasteiger partial charge in [-0.2, -0.15) is 0 Å². The maximum atomic E-state index is 13.2. The third kappa shape index (κ3) is 3.57. The van der Waals surface area contributed by atoms with E-state index < -0.39 is 0 Å². The number of aryl methyl sites for hydroxylation is 2. The molecule has 4 aromatic rings. The first-order valence-electron chi connectivity index (χ1n) is 10.1. The maximum Gasteiger partial charge on any atom is 0.263 e. The number of aromatic nitrogens is 2. The molecule has 0 fully saturated rings. The van der Waals surface area contributed by atoms with Crippen LogP contribution in [0.25, 0.3) is 21.3 Å². The molecule has 0 aliphatic heterocycles. The van der Waals surface area contributed by atoms with Crippen molar-refractivity contribution >= 4 is 27.5 Å². The van der Waals surface area contributed by atoms with Crippen molar-refractivity contribution in [1.29, 1.82) is 0 Å². The fraction of sp³-hybridized carbons (Fsp3) is 0.261. The Balaban J connectivity index is 1.44. The molecule has 3 heterocycles. The van der Waals surface area contributed by atoms with E-state index in [2.05, 4.69) is 28.5 Å². The predicted molar refractivity (Wildman–Crippen MR) is 117 cm³/mol. The summed E-state index contributed by atoms with van der Waals surface area (Å²) in [7, 11) is 0. The third-order valence-electron chi connectivity index (χ3n) is 5.57. The molecule has 152 valence electrons. The topological polar surface area (TPSA) is 77.1 Å². The van der Waals surface area contributed by atoms with E-state index >= 15 is 0 Å². The molecule has 1 amide bonds. The summed E-state index contributed by atoms with van der Waals surface area (Å²) in [6, 6.07) is 10.0. The quantitative estimate of drug-likeness (QED) is 0.532. The second-order valence-electron chi connectivity index (χ2n) is 7.55. The first-order valence-corrected chi connectivity index (χ1v) is 10.9. The molecule has 1 N–H and O–H groups in total. The van der Waals surface area contributed by atoms with Gasteiger partial charge in [-0.1, -0.05) is 18.2 Å². The first-order chi connectivity index (χ1) is 14.7. The smallest absolute Gasteiger partial charge is 0.263 e. The number of nitrogens with one attached hydrogen (secondary N) is 1. The van der Waals surface area contributed by atoms with Crippen molar-refractivity contribution in [3.05, 3.63) is 75.5 Å². The Morgan fingerprint density at radius 1 is 1.20 bits per heavy atom. The van der Waals surface area contributed by atoms with Crippen LogP contribution in [0.5, 0.6) is 0 Å². The lowest BCUT2D eigenvalue weighted by Crippen LogP contribution is -2.32. The Labute approximate surface area is 177 Å². The molecule has 3 aromatic heterocycles. The summed E-state index contributed by atoms with van der Waals surface area (Å²) < 4.78 is 6.58. The highest BCUT2D eigenvalue weighted by Crippen LogP contribution is 2.33. The fourth-order valence-electron chi connectivity index (χ4n) is 4.00. The lowest BCUT2D eigenvalue weighted by molar-refractivity contribution is -0.122. The molecular formula is C23H21N3O3S. The van der Waals surface area contributed by atoms with Gasteiger partial charge in [0.05, 0.1) is 24.5 Å². The minimum Gasteiger partial charge on any atom is -0.467 e. The van der Waals surface area contributed by atoms with Gasteiger partial charge in [-0.25, -0.2) is 4.98 Å².